The molecule has 460 valence electrons. The Kier molecular flexibility index (Phi) is 20.5. The fraction of sp³-hybridized carbons (Fsp3) is 0.279. The molecular weight excluding hydrogens is 1130 g/mol. The molecule has 10 rings (SSSR count). The first-order valence-corrected chi connectivity index (χ1v) is 29.1. The smallest absolute Gasteiger partial charge is 0.303 e. The van der Waals surface area contributed by atoms with Crippen molar-refractivity contribution in [3.05, 3.63) is 239 Å². The van der Waals surface area contributed by atoms with Crippen molar-refractivity contribution in [1.29, 1.82) is 0 Å². The number of H-pyrrole nitrogens is 2. The molecule has 4 atom stereocenters. The predicted molar refractivity (Wildman–Crippen MR) is 330 cm³/mol. The van der Waals surface area contributed by atoms with Crippen molar-refractivity contribution < 1.29 is 52.9 Å². The molecule has 0 radical (unpaired) electrons. The number of carbonyl (C=O) groups is 7. The van der Waals surface area contributed by atoms with Gasteiger partial charge in [0.15, 0.2) is 5.60 Å². The molecule has 2 aromatic heterocycles. The van der Waals surface area contributed by atoms with Gasteiger partial charge in [0.25, 0.3) is 11.8 Å². The monoisotopic (exact) mass is 1200 g/mol. The normalized spacial score (nSPS) is 14.9. The van der Waals surface area contributed by atoms with Crippen LogP contribution in [-0.2, 0) is 65.6 Å². The Hall–Kier alpha value is -10.4. The summed E-state index contributed by atoms with van der Waals surface area (Å²) in [4.78, 5) is 111. The second-order valence-corrected chi connectivity index (χ2v) is 22.2. The van der Waals surface area contributed by atoms with E-state index in [1.165, 1.54) is 19.6 Å². The molecule has 21 nitrogen and oxygen atoms in total. The third-order valence-electron chi connectivity index (χ3n) is 15.7. The Morgan fingerprint density at radius 2 is 0.899 bits per heavy atom. The molecule has 6 aromatic carbocycles. The van der Waals surface area contributed by atoms with E-state index in [1.54, 1.807) is 121 Å². The molecule has 7 N–H and O–H groups in total. The summed E-state index contributed by atoms with van der Waals surface area (Å²) in [5, 5.41) is 22.7. The number of aromatic nitrogens is 4. The maximum Gasteiger partial charge on any atom is 0.303 e. The average Bonchev–Trinajstić information content (AvgIpc) is 0.955. The van der Waals surface area contributed by atoms with Gasteiger partial charge in [-0.2, -0.15) is 0 Å². The van der Waals surface area contributed by atoms with E-state index >= 15 is 0 Å². The molecule has 4 heterocycles. The fourth-order valence-electron chi connectivity index (χ4n) is 11.1. The molecule has 2 aliphatic heterocycles. The number of carbonyl (C=O) groups excluding carboxylic acids is 7. The van der Waals surface area contributed by atoms with E-state index < -0.39 is 65.0 Å². The Morgan fingerprint density at radius 1 is 0.506 bits per heavy atom. The second-order valence-electron chi connectivity index (χ2n) is 22.2. The largest absolute Gasteiger partial charge is 0.497 e. The molecule has 0 bridgehead atoms. The van der Waals surface area contributed by atoms with Crippen LogP contribution in [0.5, 0.6) is 11.5 Å². The van der Waals surface area contributed by atoms with Crippen LogP contribution in [0, 0.1) is 13.8 Å². The summed E-state index contributed by atoms with van der Waals surface area (Å²) in [5.74, 6) is -1.69. The number of nitrogens with zero attached hydrogens (tertiary/aromatic N) is 4. The van der Waals surface area contributed by atoms with Crippen LogP contribution >= 0.6 is 0 Å². The van der Waals surface area contributed by atoms with Crippen LogP contribution in [0.2, 0.25) is 0 Å². The summed E-state index contributed by atoms with van der Waals surface area (Å²) < 4.78 is 16.4. The fourth-order valence-corrected chi connectivity index (χ4v) is 11.1. The van der Waals surface area contributed by atoms with Crippen LogP contribution in [0.25, 0.3) is 0 Å². The summed E-state index contributed by atoms with van der Waals surface area (Å²) in [6.45, 7) is 5.68. The van der Waals surface area contributed by atoms with E-state index in [1.807, 2.05) is 86.6 Å². The number of amides is 6. The minimum atomic E-state index is -1.16. The average molecular weight is 1210 g/mol. The van der Waals surface area contributed by atoms with Crippen LogP contribution in [-0.4, -0.2) is 141 Å². The van der Waals surface area contributed by atoms with E-state index in [0.717, 1.165) is 33.4 Å². The molecule has 2 fully saturated rings. The molecule has 0 spiro atoms. The van der Waals surface area contributed by atoms with E-state index in [0.29, 0.717) is 34.0 Å². The molecular formula is C68H72N10O11. The molecule has 0 saturated carbocycles. The minimum absolute atomic E-state index is 0.101. The van der Waals surface area contributed by atoms with E-state index in [2.05, 4.69) is 41.2 Å². The summed E-state index contributed by atoms with van der Waals surface area (Å²) >= 11 is 0. The number of esters is 1. The number of hydrogen-bond acceptors (Lipinski definition) is 13. The van der Waals surface area contributed by atoms with Crippen molar-refractivity contribution in [2.75, 3.05) is 40.4 Å². The number of imidazole rings is 2. The third-order valence-corrected chi connectivity index (χ3v) is 15.7. The van der Waals surface area contributed by atoms with E-state index in [4.69, 9.17) is 14.2 Å². The number of rotatable bonds is 23. The minimum Gasteiger partial charge on any atom is -0.497 e. The molecule has 8 aromatic rings. The summed E-state index contributed by atoms with van der Waals surface area (Å²) in [5.41, 5.74) is 4.88. The number of aryl methyl sites for hydroxylation is 2. The van der Waals surface area contributed by atoms with Gasteiger partial charge < -0.3 is 60.4 Å². The topological polar surface area (TPSA) is 279 Å². The lowest BCUT2D eigenvalue weighted by Crippen LogP contribution is -2.67. The highest BCUT2D eigenvalue weighted by Gasteiger charge is 2.52. The predicted octanol–water partition coefficient (Wildman–Crippen LogP) is 5.62. The van der Waals surface area contributed by atoms with Crippen LogP contribution in [0.15, 0.2) is 183 Å². The molecule has 6 amide bonds. The van der Waals surface area contributed by atoms with Gasteiger partial charge in [-0.25, -0.2) is 9.97 Å². The van der Waals surface area contributed by atoms with Crippen molar-refractivity contribution in [3.8, 4) is 11.5 Å². The van der Waals surface area contributed by atoms with Crippen molar-refractivity contribution in [2.24, 2.45) is 0 Å². The molecule has 0 aliphatic carbocycles. The van der Waals surface area contributed by atoms with Crippen molar-refractivity contribution >= 4 is 41.4 Å². The van der Waals surface area contributed by atoms with E-state index in [9.17, 15) is 38.7 Å². The van der Waals surface area contributed by atoms with Gasteiger partial charge in [0.1, 0.15) is 41.3 Å². The van der Waals surface area contributed by atoms with Crippen molar-refractivity contribution in [1.82, 2.24) is 51.0 Å². The van der Waals surface area contributed by atoms with Gasteiger partial charge in [0.2, 0.25) is 23.6 Å². The van der Waals surface area contributed by atoms with Crippen molar-refractivity contribution in [2.45, 2.75) is 81.8 Å². The Morgan fingerprint density at radius 3 is 1.28 bits per heavy atom. The number of aromatic amines is 2. The van der Waals surface area contributed by atoms with Gasteiger partial charge >= 0.3 is 5.97 Å². The summed E-state index contributed by atoms with van der Waals surface area (Å²) in [6, 6.07) is 42.9. The van der Waals surface area contributed by atoms with Gasteiger partial charge in [-0.05, 0) is 90.2 Å². The van der Waals surface area contributed by atoms with Crippen LogP contribution < -0.4 is 30.7 Å². The number of β-amino-alcohol motifs (C(OH)–C–C–N with tert-alkyl or cyclic N) is 1. The molecule has 21 heteroatoms. The number of hydrogen-bond donors (Lipinski definition) is 7. The highest BCUT2D eigenvalue weighted by atomic mass is 16.6. The van der Waals surface area contributed by atoms with Gasteiger partial charge in [-0.15, -0.1) is 0 Å². The first-order chi connectivity index (χ1) is 42.9. The Labute approximate surface area is 515 Å². The zero-order valence-corrected chi connectivity index (χ0v) is 50.1. The number of ether oxygens (including phenoxy) is 3. The SMILES string of the molecule is COc1ccc(C[C@H](NC(=O)[C@H](Cc2c[nH]cn2)NC(=O)c2ccccc2)C(=O)N2CC(O)(c3ccccc3C)C2)cc1.COc1ccc(C[C@H](NC(=O)[C@H](Cc2c[nH]cn2)NC(=O)c2ccccc2)C(=O)N2CC(OC(C)=O)(c3ccccc3C)C2)cc1. The van der Waals surface area contributed by atoms with Gasteiger partial charge in [-0.3, -0.25) is 33.6 Å². The van der Waals surface area contributed by atoms with Crippen LogP contribution in [0.1, 0.15) is 72.4 Å². The molecule has 0 unspecified atom stereocenters. The number of nitrogens with one attached hydrogen (secondary N) is 6. The summed E-state index contributed by atoms with van der Waals surface area (Å²) in [7, 11) is 3.14. The zero-order chi connectivity index (χ0) is 63.1. The quantitative estimate of drug-likeness (QED) is 0.0384. The first-order valence-electron chi connectivity index (χ1n) is 29.1. The number of aliphatic hydroxyl groups is 1. The Balaban J connectivity index is 0.000000212. The Bertz CT molecular complexity index is 3700. The second kappa shape index (κ2) is 28.9. The van der Waals surface area contributed by atoms with Gasteiger partial charge in [0.05, 0.1) is 64.4 Å². The molecule has 2 saturated heterocycles. The number of likely N-dealkylation sites (tertiary alicyclic amines) is 2. The molecule has 2 aliphatic rings. The highest BCUT2D eigenvalue weighted by Crippen LogP contribution is 2.39. The molecule has 89 heavy (non-hydrogen) atoms. The lowest BCUT2D eigenvalue weighted by atomic mass is 9.82. The highest BCUT2D eigenvalue weighted by molar-refractivity contribution is 5.99. The van der Waals surface area contributed by atoms with Gasteiger partial charge in [0, 0.05) is 61.7 Å². The lowest BCUT2D eigenvalue weighted by Gasteiger charge is -2.50. The van der Waals surface area contributed by atoms with Gasteiger partial charge in [-0.1, -0.05) is 109 Å². The van der Waals surface area contributed by atoms with E-state index in [-0.39, 0.29) is 63.7 Å². The maximum atomic E-state index is 14.1. The third kappa shape index (κ3) is 16.0. The lowest BCUT2D eigenvalue weighted by molar-refractivity contribution is -0.187. The number of benzene rings is 6. The van der Waals surface area contributed by atoms with Crippen molar-refractivity contribution in [3.63, 3.8) is 0 Å². The standard InChI is InChI=1S/C35H37N5O6.C33H35N5O5/c1-23-9-7-8-12-29(23)35(46-24(2)41)20-40(21-35)34(44)31(17-25-13-15-28(45-3)16-14-25)39-33(43)30(18-27-19-36-22-37-27)38-32(42)26-10-5-4-6-11-26;1-22-8-6-7-11-27(22)33(42)19-38(20-33)32(41)29(16-23-12-14-26(43-2)15-13-23)37-31(40)28(17-25-18-34-21-35-25)36-30(39)24-9-4-3-5-10-24/h4-16,19,22,30-31H,17-18,20-21H2,1-3H3,(H,36,37)(H,38,42)(H,39,43);3-15,18,21,28-29,42H,16-17,19-20H2,1-2H3,(H,34,35)(H,36,39)(H,37,40)/t30-,31-;28-,29-/m00/s1. The zero-order valence-electron chi connectivity index (χ0n) is 50.1. The summed E-state index contributed by atoms with van der Waals surface area (Å²) in [6.07, 6.45) is 6.90. The first kappa shape index (κ1) is 63.1. The van der Waals surface area contributed by atoms with Crippen LogP contribution in [0.3, 0.4) is 0 Å². The number of methoxy groups -OCH3 is 2. The maximum absolute atomic E-state index is 14.1. The van der Waals surface area contributed by atoms with Crippen LogP contribution in [0.4, 0.5) is 0 Å².